The van der Waals surface area contributed by atoms with Crippen LogP contribution in [0.5, 0.6) is 0 Å². The Morgan fingerprint density at radius 3 is 2.67 bits per heavy atom. The first-order valence-electron chi connectivity index (χ1n) is 9.20. The molecule has 0 heterocycles. The van der Waals surface area contributed by atoms with E-state index in [0.717, 1.165) is 31.3 Å². The molecule has 2 nitrogen and oxygen atoms in total. The van der Waals surface area contributed by atoms with Crippen molar-refractivity contribution in [3.63, 3.8) is 0 Å². The lowest BCUT2D eigenvalue weighted by Crippen LogP contribution is -2.53. The fourth-order valence-corrected chi connectivity index (χ4v) is 5.42. The van der Waals surface area contributed by atoms with Crippen molar-refractivity contribution in [1.29, 1.82) is 0 Å². The fourth-order valence-electron chi connectivity index (χ4n) is 5.42. The highest BCUT2D eigenvalue weighted by Gasteiger charge is 2.53. The summed E-state index contributed by atoms with van der Waals surface area (Å²) in [6.45, 7) is 8.09. The minimum atomic E-state index is -1.12. The second kappa shape index (κ2) is 6.42. The zero-order valence-corrected chi connectivity index (χ0v) is 14.2. The molecule has 0 amide bonds. The van der Waals surface area contributed by atoms with Crippen molar-refractivity contribution < 1.29 is 11.6 Å². The van der Waals surface area contributed by atoms with Gasteiger partial charge in [-0.25, -0.2) is 0 Å². The van der Waals surface area contributed by atoms with Crippen LogP contribution in [0.2, 0.25) is 0 Å². The Morgan fingerprint density at radius 2 is 2.00 bits per heavy atom. The van der Waals surface area contributed by atoms with Gasteiger partial charge in [-0.1, -0.05) is 38.8 Å². The Balaban J connectivity index is 2.14. The summed E-state index contributed by atoms with van der Waals surface area (Å²) in [5.41, 5.74) is 1.68. The Kier molecular flexibility index (Phi) is 4.75. The summed E-state index contributed by atoms with van der Waals surface area (Å²) in [7, 11) is 0. The van der Waals surface area contributed by atoms with E-state index >= 15 is 0 Å². The number of rotatable bonds is 4. The number of fused-ring (bicyclic) bond motifs is 1. The number of aliphatic hydroxyl groups excluding tert-OH is 2. The van der Waals surface area contributed by atoms with Gasteiger partial charge in [-0.15, -0.1) is 0 Å². The van der Waals surface area contributed by atoms with Gasteiger partial charge in [0, 0.05) is 0 Å². The Hall–Kier alpha value is -0.340. The van der Waals surface area contributed by atoms with Crippen molar-refractivity contribution in [3.8, 4) is 0 Å². The average molecular weight is 295 g/mol. The molecule has 0 aromatic carbocycles. The van der Waals surface area contributed by atoms with Crippen molar-refractivity contribution in [2.75, 3.05) is 6.58 Å². The number of hydrogen-bond acceptors (Lipinski definition) is 2. The van der Waals surface area contributed by atoms with Crippen molar-refractivity contribution in [1.82, 2.24) is 0 Å². The van der Waals surface area contributed by atoms with E-state index in [1.54, 1.807) is 6.08 Å². The number of hydrogen-bond donors (Lipinski definition) is 2. The number of aliphatic hydroxyl groups is 2. The molecule has 0 radical (unpaired) electrons. The predicted molar refractivity (Wildman–Crippen MR) is 88.0 cm³/mol. The molecule has 2 rings (SSSR count). The van der Waals surface area contributed by atoms with Crippen LogP contribution >= 0.6 is 0 Å². The molecule has 2 N–H and O–H groups in total. The van der Waals surface area contributed by atoms with E-state index in [0.29, 0.717) is 17.3 Å². The SMILES string of the molecule is [2H][C@H](O)/C=C(\C)CC[C@H]1[C@H](O)CC[C@H]2C(C)(C)CCC[C@]12C. The van der Waals surface area contributed by atoms with Crippen LogP contribution in [0.1, 0.15) is 74.0 Å². The minimum absolute atomic E-state index is 0.191. The smallest absolute Gasteiger partial charge is 0.0614 e. The molecule has 2 heteroatoms. The molecule has 0 spiro atoms. The van der Waals surface area contributed by atoms with Crippen LogP contribution in [-0.2, 0) is 0 Å². The average Bonchev–Trinajstić information content (AvgIpc) is 2.35. The summed E-state index contributed by atoms with van der Waals surface area (Å²) >= 11 is 0. The summed E-state index contributed by atoms with van der Waals surface area (Å²) in [6, 6.07) is 0. The Morgan fingerprint density at radius 1 is 1.29 bits per heavy atom. The molecule has 2 fully saturated rings. The molecule has 0 aromatic rings. The molecule has 21 heavy (non-hydrogen) atoms. The lowest BCUT2D eigenvalue weighted by Gasteiger charge is -2.58. The largest absolute Gasteiger partial charge is 0.393 e. The third-order valence-electron chi connectivity index (χ3n) is 6.55. The molecule has 0 bridgehead atoms. The highest BCUT2D eigenvalue weighted by atomic mass is 16.3. The molecule has 5 atom stereocenters. The van der Waals surface area contributed by atoms with E-state index in [1.807, 2.05) is 6.92 Å². The van der Waals surface area contributed by atoms with Gasteiger partial charge < -0.3 is 10.2 Å². The maximum Gasteiger partial charge on any atom is 0.0614 e. The second-order valence-corrected chi connectivity index (χ2v) is 8.35. The first-order valence-corrected chi connectivity index (χ1v) is 8.62. The summed E-state index contributed by atoms with van der Waals surface area (Å²) in [5, 5.41) is 19.8. The third kappa shape index (κ3) is 3.37. The fraction of sp³-hybridized carbons (Fsp3) is 0.895. The summed E-state index contributed by atoms with van der Waals surface area (Å²) < 4.78 is 7.24. The maximum atomic E-state index is 10.6. The molecule has 122 valence electrons. The molecule has 2 aliphatic rings. The van der Waals surface area contributed by atoms with E-state index < -0.39 is 6.58 Å². The Bertz CT molecular complexity index is 416. The van der Waals surface area contributed by atoms with Gasteiger partial charge in [0.15, 0.2) is 0 Å². The van der Waals surface area contributed by atoms with Crippen LogP contribution in [0, 0.1) is 22.7 Å². The van der Waals surface area contributed by atoms with Crippen molar-refractivity contribution >= 4 is 0 Å². The predicted octanol–water partition coefficient (Wildman–Crippen LogP) is 4.31. The lowest BCUT2D eigenvalue weighted by molar-refractivity contribution is -0.125. The molecule has 2 saturated carbocycles. The molecular formula is C19H34O2. The normalized spacial score (nSPS) is 42.1. The van der Waals surface area contributed by atoms with Gasteiger partial charge in [0.05, 0.1) is 14.1 Å². The maximum absolute atomic E-state index is 10.6. The van der Waals surface area contributed by atoms with Gasteiger partial charge in [-0.2, -0.15) is 0 Å². The van der Waals surface area contributed by atoms with Crippen LogP contribution in [-0.4, -0.2) is 22.9 Å². The quantitative estimate of drug-likeness (QED) is 0.759. The van der Waals surface area contributed by atoms with Gasteiger partial charge >= 0.3 is 0 Å². The van der Waals surface area contributed by atoms with Crippen LogP contribution in [0.4, 0.5) is 0 Å². The molecule has 0 aliphatic heterocycles. The van der Waals surface area contributed by atoms with Crippen LogP contribution in [0.15, 0.2) is 11.6 Å². The zero-order chi connectivity index (χ0) is 16.5. The molecule has 0 saturated heterocycles. The minimum Gasteiger partial charge on any atom is -0.393 e. The second-order valence-electron chi connectivity index (χ2n) is 8.35. The first-order chi connectivity index (χ1) is 10.2. The summed E-state index contributed by atoms with van der Waals surface area (Å²) in [6.07, 6.45) is 9.15. The van der Waals surface area contributed by atoms with E-state index in [1.165, 1.54) is 19.3 Å². The lowest BCUT2D eigenvalue weighted by atomic mass is 9.47. The molecule has 0 aromatic heterocycles. The van der Waals surface area contributed by atoms with E-state index in [9.17, 15) is 5.11 Å². The monoisotopic (exact) mass is 295 g/mol. The van der Waals surface area contributed by atoms with Gasteiger partial charge in [-0.05, 0) is 68.1 Å². The van der Waals surface area contributed by atoms with E-state index in [4.69, 9.17) is 6.48 Å². The zero-order valence-electron chi connectivity index (χ0n) is 15.2. The van der Waals surface area contributed by atoms with Gasteiger partial charge in [0.1, 0.15) is 0 Å². The molecule has 0 unspecified atom stereocenters. The van der Waals surface area contributed by atoms with E-state index in [-0.39, 0.29) is 11.5 Å². The highest BCUT2D eigenvalue weighted by molar-refractivity contribution is 5.05. The number of allylic oxidation sites excluding steroid dienone is 1. The van der Waals surface area contributed by atoms with Crippen molar-refractivity contribution in [2.45, 2.75) is 78.7 Å². The third-order valence-corrected chi connectivity index (χ3v) is 6.55. The topological polar surface area (TPSA) is 40.5 Å². The summed E-state index contributed by atoms with van der Waals surface area (Å²) in [5.74, 6) is 1.05. The van der Waals surface area contributed by atoms with Crippen LogP contribution < -0.4 is 0 Å². The first kappa shape index (κ1) is 15.6. The highest BCUT2D eigenvalue weighted by Crippen LogP contribution is 2.60. The van der Waals surface area contributed by atoms with Crippen LogP contribution in [0.3, 0.4) is 0 Å². The van der Waals surface area contributed by atoms with Gasteiger partial charge in [0.2, 0.25) is 0 Å². The summed E-state index contributed by atoms with van der Waals surface area (Å²) in [4.78, 5) is 0. The van der Waals surface area contributed by atoms with E-state index in [2.05, 4.69) is 20.8 Å². The molecule has 2 aliphatic carbocycles. The van der Waals surface area contributed by atoms with Crippen molar-refractivity contribution in [2.24, 2.45) is 22.7 Å². The van der Waals surface area contributed by atoms with Crippen molar-refractivity contribution in [3.05, 3.63) is 11.6 Å². The van der Waals surface area contributed by atoms with Crippen LogP contribution in [0.25, 0.3) is 0 Å². The standard InChI is InChI=1S/C19H34O2/c1-14(10-13-20)6-7-15-16(21)8-9-17-18(2,3)11-5-12-19(15,17)4/h10,15-17,20-21H,5-9,11-13H2,1-4H3/b14-10+/t15-,16+,17-,19+/m0/s1/i13D/t13-,15-,16+,17-,19+. The molecular weight excluding hydrogens is 260 g/mol. The Labute approximate surface area is 132 Å². The van der Waals surface area contributed by atoms with Gasteiger partial charge in [-0.3, -0.25) is 0 Å². The van der Waals surface area contributed by atoms with Gasteiger partial charge in [0.25, 0.3) is 0 Å².